The molecule has 5 nitrogen and oxygen atoms in total. The molecule has 1 aliphatic heterocycles. The first-order valence-corrected chi connectivity index (χ1v) is 8.38. The standard InChI is InChI=1S/C18H16N2O3S/c1-11(21)12-6-8-13(9-7-12)19-17(22)10-16-18(23)20-14-4-2-3-5-15(14)24-16/h2-9,16H,10H2,1H3,(H,19,22)(H,20,23)/t16-/m0/s1. The van der Waals surface area contributed by atoms with Gasteiger partial charge in [0, 0.05) is 22.6 Å². The minimum absolute atomic E-state index is 0.0261. The number of amides is 2. The number of para-hydroxylation sites is 1. The molecular formula is C18H16N2O3S. The van der Waals surface area contributed by atoms with Crippen LogP contribution in [0.2, 0.25) is 0 Å². The Morgan fingerprint density at radius 1 is 1.12 bits per heavy atom. The monoisotopic (exact) mass is 340 g/mol. The Morgan fingerprint density at radius 2 is 1.83 bits per heavy atom. The van der Waals surface area contributed by atoms with Crippen LogP contribution in [0.3, 0.4) is 0 Å². The predicted molar refractivity (Wildman–Crippen MR) is 94.4 cm³/mol. The fourth-order valence-electron chi connectivity index (χ4n) is 2.40. The number of ketones is 1. The minimum Gasteiger partial charge on any atom is -0.326 e. The zero-order valence-corrected chi connectivity index (χ0v) is 13.9. The highest BCUT2D eigenvalue weighted by Crippen LogP contribution is 2.36. The molecule has 0 spiro atoms. The molecule has 0 fully saturated rings. The highest BCUT2D eigenvalue weighted by atomic mass is 32.2. The van der Waals surface area contributed by atoms with Crippen LogP contribution >= 0.6 is 11.8 Å². The fourth-order valence-corrected chi connectivity index (χ4v) is 3.51. The van der Waals surface area contributed by atoms with Crippen molar-refractivity contribution in [3.63, 3.8) is 0 Å². The molecule has 1 aliphatic rings. The minimum atomic E-state index is -0.462. The molecule has 122 valence electrons. The van der Waals surface area contributed by atoms with Crippen LogP contribution in [-0.2, 0) is 9.59 Å². The van der Waals surface area contributed by atoms with Gasteiger partial charge >= 0.3 is 0 Å². The highest BCUT2D eigenvalue weighted by molar-refractivity contribution is 8.01. The van der Waals surface area contributed by atoms with E-state index in [1.807, 2.05) is 24.3 Å². The molecule has 6 heteroatoms. The summed E-state index contributed by atoms with van der Waals surface area (Å²) in [4.78, 5) is 36.5. The number of carbonyl (C=O) groups is 3. The van der Waals surface area contributed by atoms with Crippen LogP contribution in [0.4, 0.5) is 11.4 Å². The van der Waals surface area contributed by atoms with E-state index in [0.717, 1.165) is 10.6 Å². The number of benzene rings is 2. The molecular weight excluding hydrogens is 324 g/mol. The molecule has 0 unspecified atom stereocenters. The van der Waals surface area contributed by atoms with Gasteiger partial charge in [0.1, 0.15) is 0 Å². The number of anilines is 2. The SMILES string of the molecule is CC(=O)c1ccc(NC(=O)C[C@@H]2Sc3ccccc3NC2=O)cc1. The molecule has 2 aromatic carbocycles. The summed E-state index contributed by atoms with van der Waals surface area (Å²) in [6.07, 6.45) is 0.0826. The van der Waals surface area contributed by atoms with Crippen LogP contribution in [0, 0.1) is 0 Å². The van der Waals surface area contributed by atoms with Gasteiger partial charge in [-0.2, -0.15) is 0 Å². The fraction of sp³-hybridized carbons (Fsp3) is 0.167. The van der Waals surface area contributed by atoms with Crippen molar-refractivity contribution in [2.75, 3.05) is 10.6 Å². The molecule has 3 rings (SSSR count). The molecule has 1 heterocycles. The molecule has 0 saturated heterocycles. The summed E-state index contributed by atoms with van der Waals surface area (Å²) in [5.41, 5.74) is 1.97. The maximum absolute atomic E-state index is 12.2. The van der Waals surface area contributed by atoms with Gasteiger partial charge in [-0.1, -0.05) is 12.1 Å². The highest BCUT2D eigenvalue weighted by Gasteiger charge is 2.28. The van der Waals surface area contributed by atoms with Gasteiger partial charge in [0.05, 0.1) is 10.9 Å². The molecule has 2 amide bonds. The summed E-state index contributed by atoms with van der Waals surface area (Å²) >= 11 is 1.39. The molecule has 2 aromatic rings. The van der Waals surface area contributed by atoms with E-state index >= 15 is 0 Å². The number of thioether (sulfide) groups is 1. The van der Waals surface area contributed by atoms with Crippen molar-refractivity contribution in [1.29, 1.82) is 0 Å². The predicted octanol–water partition coefficient (Wildman–Crippen LogP) is 3.33. The van der Waals surface area contributed by atoms with Crippen molar-refractivity contribution in [3.05, 3.63) is 54.1 Å². The normalized spacial score (nSPS) is 16.0. The zero-order chi connectivity index (χ0) is 17.1. The van der Waals surface area contributed by atoms with Crippen molar-refractivity contribution >= 4 is 40.7 Å². The molecule has 0 aromatic heterocycles. The topological polar surface area (TPSA) is 75.3 Å². The third-order valence-corrected chi connectivity index (χ3v) is 4.93. The Morgan fingerprint density at radius 3 is 2.54 bits per heavy atom. The van der Waals surface area contributed by atoms with Crippen molar-refractivity contribution < 1.29 is 14.4 Å². The summed E-state index contributed by atoms with van der Waals surface area (Å²) in [6.45, 7) is 1.49. The summed E-state index contributed by atoms with van der Waals surface area (Å²) in [5.74, 6) is -0.430. The van der Waals surface area contributed by atoms with Crippen molar-refractivity contribution in [1.82, 2.24) is 0 Å². The lowest BCUT2D eigenvalue weighted by molar-refractivity contribution is -0.120. The van der Waals surface area contributed by atoms with Gasteiger partial charge < -0.3 is 10.6 Å². The molecule has 0 bridgehead atoms. The maximum Gasteiger partial charge on any atom is 0.238 e. The van der Waals surface area contributed by atoms with E-state index < -0.39 is 5.25 Å². The van der Waals surface area contributed by atoms with Gasteiger partial charge in [-0.15, -0.1) is 11.8 Å². The molecule has 0 radical (unpaired) electrons. The van der Waals surface area contributed by atoms with E-state index in [4.69, 9.17) is 0 Å². The number of carbonyl (C=O) groups excluding carboxylic acids is 3. The number of nitrogens with one attached hydrogen (secondary N) is 2. The van der Waals surface area contributed by atoms with Gasteiger partial charge in [0.25, 0.3) is 0 Å². The second-order valence-electron chi connectivity index (χ2n) is 5.48. The van der Waals surface area contributed by atoms with Crippen LogP contribution in [-0.4, -0.2) is 22.8 Å². The van der Waals surface area contributed by atoms with E-state index in [1.165, 1.54) is 18.7 Å². The smallest absolute Gasteiger partial charge is 0.238 e. The second kappa shape index (κ2) is 6.88. The van der Waals surface area contributed by atoms with Crippen LogP contribution in [0.25, 0.3) is 0 Å². The first-order chi connectivity index (χ1) is 11.5. The molecule has 1 atom stereocenters. The number of hydrogen-bond donors (Lipinski definition) is 2. The Hall–Kier alpha value is -2.60. The maximum atomic E-state index is 12.2. The number of rotatable bonds is 4. The Kier molecular flexibility index (Phi) is 4.66. The Balaban J connectivity index is 1.63. The first-order valence-electron chi connectivity index (χ1n) is 7.50. The number of hydrogen-bond acceptors (Lipinski definition) is 4. The summed E-state index contributed by atoms with van der Waals surface area (Å²) in [7, 11) is 0. The van der Waals surface area contributed by atoms with Gasteiger partial charge in [0.2, 0.25) is 11.8 Å². The van der Waals surface area contributed by atoms with Crippen molar-refractivity contribution in [2.45, 2.75) is 23.5 Å². The molecule has 0 aliphatic carbocycles. The average molecular weight is 340 g/mol. The van der Waals surface area contributed by atoms with Crippen LogP contribution in [0.15, 0.2) is 53.4 Å². The largest absolute Gasteiger partial charge is 0.326 e. The molecule has 24 heavy (non-hydrogen) atoms. The lowest BCUT2D eigenvalue weighted by atomic mass is 10.1. The van der Waals surface area contributed by atoms with Gasteiger partial charge in [0.15, 0.2) is 5.78 Å². The van der Waals surface area contributed by atoms with Gasteiger partial charge in [-0.05, 0) is 43.3 Å². The summed E-state index contributed by atoms with van der Waals surface area (Å²) in [6, 6.07) is 14.2. The number of Topliss-reactive ketones (excluding diaryl/α,β-unsaturated/α-hetero) is 1. The summed E-state index contributed by atoms with van der Waals surface area (Å²) in [5, 5.41) is 5.12. The van der Waals surface area contributed by atoms with E-state index in [-0.39, 0.29) is 24.0 Å². The lowest BCUT2D eigenvalue weighted by Crippen LogP contribution is -2.32. The average Bonchev–Trinajstić information content (AvgIpc) is 2.56. The van der Waals surface area contributed by atoms with Gasteiger partial charge in [-0.25, -0.2) is 0 Å². The molecule has 0 saturated carbocycles. The Labute approximate surface area is 143 Å². The third kappa shape index (κ3) is 3.65. The number of fused-ring (bicyclic) bond motifs is 1. The zero-order valence-electron chi connectivity index (χ0n) is 13.0. The van der Waals surface area contributed by atoms with Crippen LogP contribution < -0.4 is 10.6 Å². The quantitative estimate of drug-likeness (QED) is 0.837. The van der Waals surface area contributed by atoms with E-state index in [2.05, 4.69) is 10.6 Å². The summed E-state index contributed by atoms with van der Waals surface area (Å²) < 4.78 is 0. The van der Waals surface area contributed by atoms with E-state index in [1.54, 1.807) is 24.3 Å². The lowest BCUT2D eigenvalue weighted by Gasteiger charge is -2.23. The molecule has 2 N–H and O–H groups in total. The van der Waals surface area contributed by atoms with Crippen LogP contribution in [0.1, 0.15) is 23.7 Å². The Bertz CT molecular complexity index is 802. The third-order valence-electron chi connectivity index (χ3n) is 3.65. The van der Waals surface area contributed by atoms with Crippen molar-refractivity contribution in [3.8, 4) is 0 Å². The van der Waals surface area contributed by atoms with E-state index in [0.29, 0.717) is 11.3 Å². The van der Waals surface area contributed by atoms with E-state index in [9.17, 15) is 14.4 Å². The first kappa shape index (κ1) is 16.3. The van der Waals surface area contributed by atoms with Gasteiger partial charge in [-0.3, -0.25) is 14.4 Å². The van der Waals surface area contributed by atoms with Crippen LogP contribution in [0.5, 0.6) is 0 Å². The van der Waals surface area contributed by atoms with Crippen molar-refractivity contribution in [2.24, 2.45) is 0 Å². The second-order valence-corrected chi connectivity index (χ2v) is 6.72.